The van der Waals surface area contributed by atoms with Gasteiger partial charge in [0.2, 0.25) is 0 Å². The molecule has 0 aliphatic heterocycles. The Labute approximate surface area is 194 Å². The smallest absolute Gasteiger partial charge is 0.548 e. The Balaban J connectivity index is 0.000000213. The Morgan fingerprint density at radius 1 is 0.742 bits per heavy atom. The van der Waals surface area contributed by atoms with Crippen LogP contribution >= 0.6 is 0 Å². The number of carbonyl (C=O) groups is 2. The first-order valence-electron chi connectivity index (χ1n) is 9.39. The maximum Gasteiger partial charge on any atom is 2.00 e. The molecule has 0 saturated heterocycles. The van der Waals surface area contributed by atoms with Crippen LogP contribution in [0.1, 0.15) is 11.1 Å². The number of hydrogen-bond donors (Lipinski definition) is 4. The van der Waals surface area contributed by atoms with Crippen molar-refractivity contribution in [2.75, 3.05) is 0 Å². The third-order valence-corrected chi connectivity index (χ3v) is 4.83. The van der Waals surface area contributed by atoms with Crippen molar-refractivity contribution in [3.63, 3.8) is 0 Å². The zero-order chi connectivity index (χ0) is 21.7. The maximum atomic E-state index is 10.5. The normalized spacial score (nSPS) is 12.5. The third-order valence-electron chi connectivity index (χ3n) is 4.83. The molecule has 0 spiro atoms. The van der Waals surface area contributed by atoms with Gasteiger partial charge in [-0.05, 0) is 36.1 Å². The molecule has 9 heteroatoms. The van der Waals surface area contributed by atoms with Crippen LogP contribution in [-0.4, -0.2) is 57.0 Å². The van der Waals surface area contributed by atoms with Crippen LogP contribution in [0.5, 0.6) is 0 Å². The average Bonchev–Trinajstić information content (AvgIpc) is 3.33. The molecule has 2 aromatic heterocycles. The third kappa shape index (κ3) is 6.08. The topological polar surface area (TPSA) is 164 Å². The fourth-order valence-electron chi connectivity index (χ4n) is 3.24. The Bertz CT molecular complexity index is 1080. The van der Waals surface area contributed by atoms with Crippen molar-refractivity contribution >= 4 is 56.8 Å². The molecular weight excluding hydrogens is 409 g/mol. The number of para-hydroxylation sites is 2. The van der Waals surface area contributed by atoms with Crippen LogP contribution in [0.2, 0.25) is 0 Å². The van der Waals surface area contributed by atoms with Crippen LogP contribution < -0.4 is 21.7 Å². The number of benzene rings is 2. The summed E-state index contributed by atoms with van der Waals surface area (Å²) >= 11 is 0. The summed E-state index contributed by atoms with van der Waals surface area (Å²) in [4.78, 5) is 27.2. The molecule has 0 unspecified atom stereocenters. The molecular formula is C22H22MgN4O4. The van der Waals surface area contributed by atoms with Crippen molar-refractivity contribution in [3.05, 3.63) is 72.1 Å². The predicted octanol–water partition coefficient (Wildman–Crippen LogP) is -0.806. The van der Waals surface area contributed by atoms with E-state index in [0.717, 1.165) is 32.9 Å². The zero-order valence-electron chi connectivity index (χ0n) is 16.8. The number of aliphatic carboxylic acids is 2. The van der Waals surface area contributed by atoms with Gasteiger partial charge in [0.05, 0.1) is 11.9 Å². The molecule has 8 nitrogen and oxygen atoms in total. The number of H-pyrrole nitrogens is 2. The van der Waals surface area contributed by atoms with Crippen molar-refractivity contribution in [1.29, 1.82) is 0 Å². The van der Waals surface area contributed by atoms with Gasteiger partial charge < -0.3 is 41.2 Å². The second kappa shape index (κ2) is 11.0. The maximum absolute atomic E-state index is 10.5. The minimum absolute atomic E-state index is 0. The van der Waals surface area contributed by atoms with Crippen molar-refractivity contribution in [1.82, 2.24) is 9.97 Å². The van der Waals surface area contributed by atoms with Gasteiger partial charge in [-0.25, -0.2) is 0 Å². The van der Waals surface area contributed by atoms with E-state index in [1.165, 1.54) is 0 Å². The van der Waals surface area contributed by atoms with Gasteiger partial charge in [-0.2, -0.15) is 0 Å². The zero-order valence-corrected chi connectivity index (χ0v) is 18.3. The molecule has 0 bridgehead atoms. The van der Waals surface area contributed by atoms with E-state index in [1.807, 2.05) is 48.5 Å². The van der Waals surface area contributed by atoms with Gasteiger partial charge in [0.15, 0.2) is 0 Å². The number of carboxylic acids is 2. The van der Waals surface area contributed by atoms with E-state index in [9.17, 15) is 19.8 Å². The summed E-state index contributed by atoms with van der Waals surface area (Å²) < 4.78 is 0. The number of rotatable bonds is 6. The van der Waals surface area contributed by atoms with E-state index < -0.39 is 24.0 Å². The van der Waals surface area contributed by atoms with Crippen LogP contribution in [-0.2, 0) is 22.4 Å². The molecule has 156 valence electrons. The Morgan fingerprint density at radius 2 is 1.10 bits per heavy atom. The van der Waals surface area contributed by atoms with E-state index in [4.69, 9.17) is 11.5 Å². The molecule has 0 aliphatic carbocycles. The van der Waals surface area contributed by atoms with E-state index in [1.54, 1.807) is 12.4 Å². The average molecular weight is 431 g/mol. The molecule has 4 aromatic rings. The van der Waals surface area contributed by atoms with Crippen molar-refractivity contribution in [2.45, 2.75) is 24.9 Å². The molecule has 6 N–H and O–H groups in total. The quantitative estimate of drug-likeness (QED) is 0.292. The summed E-state index contributed by atoms with van der Waals surface area (Å²) in [6, 6.07) is 13.5. The fourth-order valence-corrected chi connectivity index (χ4v) is 3.24. The van der Waals surface area contributed by atoms with Crippen LogP contribution in [0.3, 0.4) is 0 Å². The standard InChI is InChI=1S/2C11H12N2O2.Mg/c2*12-9(11(14)15)5-7-6-13-10-4-2-1-3-8(7)10;/h2*1-4,6,9,13H,5,12H2,(H,14,15);/q;;+2/p-2/t2*9-;/m00./s1. The number of nitrogens with one attached hydrogen (secondary N) is 2. The second-order valence-corrected chi connectivity index (χ2v) is 6.98. The SMILES string of the molecule is N[C@@H](Cc1c[nH]c2ccccc12)C(=O)[O-].N[C@@H](Cc1c[nH]c2ccccc12)C(=O)[O-].[Mg+2]. The Kier molecular flexibility index (Phi) is 8.63. The summed E-state index contributed by atoms with van der Waals surface area (Å²) in [5, 5.41) is 23.0. The molecule has 2 aromatic carbocycles. The summed E-state index contributed by atoms with van der Waals surface area (Å²) in [6.45, 7) is 0. The molecule has 0 fully saturated rings. The van der Waals surface area contributed by atoms with Crippen LogP contribution in [0, 0.1) is 0 Å². The van der Waals surface area contributed by atoms with Gasteiger partial charge in [0.1, 0.15) is 0 Å². The van der Waals surface area contributed by atoms with E-state index in [-0.39, 0.29) is 35.9 Å². The van der Waals surface area contributed by atoms with Crippen LogP contribution in [0.15, 0.2) is 60.9 Å². The molecule has 4 rings (SSSR count). The molecule has 2 heterocycles. The van der Waals surface area contributed by atoms with Crippen molar-refractivity contribution in [2.24, 2.45) is 11.5 Å². The van der Waals surface area contributed by atoms with Gasteiger partial charge in [0, 0.05) is 46.3 Å². The largest absolute Gasteiger partial charge is 2.00 e. The minimum atomic E-state index is -1.22. The van der Waals surface area contributed by atoms with Gasteiger partial charge in [-0.1, -0.05) is 36.4 Å². The number of aromatic nitrogens is 2. The van der Waals surface area contributed by atoms with Gasteiger partial charge >= 0.3 is 23.1 Å². The van der Waals surface area contributed by atoms with E-state index in [0.29, 0.717) is 0 Å². The second-order valence-electron chi connectivity index (χ2n) is 6.98. The monoisotopic (exact) mass is 430 g/mol. The number of aromatic amines is 2. The molecule has 0 radical (unpaired) electrons. The first-order valence-corrected chi connectivity index (χ1v) is 9.39. The first-order chi connectivity index (χ1) is 14.4. The van der Waals surface area contributed by atoms with Crippen molar-refractivity contribution in [3.8, 4) is 0 Å². The molecule has 0 saturated carbocycles. The van der Waals surface area contributed by atoms with Gasteiger partial charge in [-0.15, -0.1) is 0 Å². The van der Waals surface area contributed by atoms with Gasteiger partial charge in [-0.3, -0.25) is 0 Å². The van der Waals surface area contributed by atoms with E-state index >= 15 is 0 Å². The van der Waals surface area contributed by atoms with Crippen LogP contribution in [0.4, 0.5) is 0 Å². The molecule has 0 aliphatic rings. The predicted molar refractivity (Wildman–Crippen MR) is 116 cm³/mol. The minimum Gasteiger partial charge on any atom is -0.548 e. The summed E-state index contributed by atoms with van der Waals surface area (Å²) in [6.07, 6.45) is 4.14. The summed E-state index contributed by atoms with van der Waals surface area (Å²) in [5.41, 5.74) is 14.6. The van der Waals surface area contributed by atoms with Crippen molar-refractivity contribution < 1.29 is 19.8 Å². The van der Waals surface area contributed by atoms with Crippen LogP contribution in [0.25, 0.3) is 21.8 Å². The number of carbonyl (C=O) groups excluding carboxylic acids is 2. The fraction of sp³-hybridized carbons (Fsp3) is 0.182. The molecule has 0 amide bonds. The number of hydrogen-bond acceptors (Lipinski definition) is 6. The number of carboxylic acid groups (broad SMARTS) is 2. The number of nitrogens with two attached hydrogens (primary N) is 2. The molecule has 2 atom stereocenters. The Hall–Kier alpha value is -2.85. The summed E-state index contributed by atoms with van der Waals surface area (Å²) in [7, 11) is 0. The number of fused-ring (bicyclic) bond motifs is 2. The summed E-state index contributed by atoms with van der Waals surface area (Å²) in [5.74, 6) is -2.44. The van der Waals surface area contributed by atoms with Gasteiger partial charge in [0.25, 0.3) is 0 Å². The molecule has 31 heavy (non-hydrogen) atoms. The Morgan fingerprint density at radius 3 is 1.45 bits per heavy atom. The first kappa shape index (κ1) is 24.4. The van der Waals surface area contributed by atoms with E-state index in [2.05, 4.69) is 9.97 Å².